The molecule has 0 unspecified atom stereocenters. The number of carbonyl (C=O) groups excluding carboxylic acids is 1. The van der Waals surface area contributed by atoms with E-state index in [-0.39, 0.29) is 18.8 Å². The molecule has 0 radical (unpaired) electrons. The summed E-state index contributed by atoms with van der Waals surface area (Å²) in [4.78, 5) is 25.8. The maximum atomic E-state index is 14.2. The number of benzene rings is 1. The standard InChI is InChI=1S/C20H20ClFN4O3/c1-4-29-20(28)18-13(10-25(3)23-18)11-26(15-7-5-14(21)6-8-15)16-9-17(22)19(27)24(2)12-16/h5-10,12H,4,11H2,1-3H3. The minimum atomic E-state index is -0.874. The first-order valence-electron chi connectivity index (χ1n) is 8.89. The van der Waals surface area contributed by atoms with Crippen LogP contribution in [0.3, 0.4) is 0 Å². The number of esters is 1. The third kappa shape index (κ3) is 4.48. The average Bonchev–Trinajstić information content (AvgIpc) is 3.05. The van der Waals surface area contributed by atoms with Crippen LogP contribution in [0.2, 0.25) is 5.02 Å². The Morgan fingerprint density at radius 2 is 1.90 bits per heavy atom. The van der Waals surface area contributed by atoms with Gasteiger partial charge in [-0.15, -0.1) is 0 Å². The molecule has 0 aliphatic heterocycles. The molecule has 2 heterocycles. The maximum absolute atomic E-state index is 14.2. The monoisotopic (exact) mass is 418 g/mol. The van der Waals surface area contributed by atoms with Crippen LogP contribution in [0.15, 0.2) is 47.5 Å². The van der Waals surface area contributed by atoms with Crippen molar-refractivity contribution in [2.24, 2.45) is 14.1 Å². The number of hydrogen-bond acceptors (Lipinski definition) is 5. The van der Waals surface area contributed by atoms with Crippen LogP contribution in [0, 0.1) is 5.82 Å². The molecule has 0 saturated heterocycles. The maximum Gasteiger partial charge on any atom is 0.359 e. The number of nitrogens with zero attached hydrogens (tertiary/aromatic N) is 4. The second kappa shape index (κ2) is 8.48. The molecule has 0 saturated carbocycles. The van der Waals surface area contributed by atoms with Crippen molar-refractivity contribution >= 4 is 28.9 Å². The van der Waals surface area contributed by atoms with Gasteiger partial charge < -0.3 is 14.2 Å². The predicted octanol–water partition coefficient (Wildman–Crippen LogP) is 3.43. The van der Waals surface area contributed by atoms with E-state index in [1.807, 2.05) is 0 Å². The quantitative estimate of drug-likeness (QED) is 0.574. The van der Waals surface area contributed by atoms with Crippen molar-refractivity contribution < 1.29 is 13.9 Å². The van der Waals surface area contributed by atoms with Gasteiger partial charge in [-0.05, 0) is 31.2 Å². The average molecular weight is 419 g/mol. The summed E-state index contributed by atoms with van der Waals surface area (Å²) in [6, 6.07) is 8.12. The molecule has 0 aliphatic carbocycles. The van der Waals surface area contributed by atoms with E-state index in [4.69, 9.17) is 16.3 Å². The molecule has 0 spiro atoms. The summed E-state index contributed by atoms with van der Waals surface area (Å²) in [5.74, 6) is -1.41. The fraction of sp³-hybridized carbons (Fsp3) is 0.250. The molecule has 152 valence electrons. The van der Waals surface area contributed by atoms with Crippen LogP contribution in [0.5, 0.6) is 0 Å². The fourth-order valence-electron chi connectivity index (χ4n) is 2.95. The number of carbonyl (C=O) groups is 1. The Kier molecular flexibility index (Phi) is 6.03. The molecule has 0 N–H and O–H groups in total. The van der Waals surface area contributed by atoms with E-state index in [1.165, 1.54) is 22.5 Å². The minimum Gasteiger partial charge on any atom is -0.461 e. The number of aryl methyl sites for hydroxylation is 2. The van der Waals surface area contributed by atoms with Crippen LogP contribution in [0.1, 0.15) is 23.0 Å². The molecule has 3 rings (SSSR count). The Bertz CT molecular complexity index is 1070. The lowest BCUT2D eigenvalue weighted by atomic mass is 10.2. The molecule has 1 aromatic carbocycles. The van der Waals surface area contributed by atoms with Crippen molar-refractivity contribution in [1.82, 2.24) is 14.3 Å². The summed E-state index contributed by atoms with van der Waals surface area (Å²) in [5.41, 5.74) is 1.18. The van der Waals surface area contributed by atoms with Gasteiger partial charge in [0.05, 0.1) is 18.8 Å². The molecule has 0 atom stereocenters. The van der Waals surface area contributed by atoms with Gasteiger partial charge in [0.1, 0.15) is 0 Å². The topological polar surface area (TPSA) is 69.4 Å². The van der Waals surface area contributed by atoms with Crippen LogP contribution in [-0.2, 0) is 25.4 Å². The normalized spacial score (nSPS) is 10.8. The van der Waals surface area contributed by atoms with E-state index < -0.39 is 17.3 Å². The summed E-state index contributed by atoms with van der Waals surface area (Å²) in [5, 5.41) is 4.75. The molecule has 0 aliphatic rings. The molecule has 3 aromatic rings. The van der Waals surface area contributed by atoms with Crippen molar-refractivity contribution in [2.75, 3.05) is 11.5 Å². The van der Waals surface area contributed by atoms with Crippen molar-refractivity contribution in [1.29, 1.82) is 0 Å². The Labute approximate surface area is 171 Å². The molecule has 2 aromatic heterocycles. The van der Waals surface area contributed by atoms with E-state index >= 15 is 0 Å². The van der Waals surface area contributed by atoms with Crippen molar-refractivity contribution in [3.8, 4) is 0 Å². The van der Waals surface area contributed by atoms with E-state index in [2.05, 4.69) is 5.10 Å². The molecule has 29 heavy (non-hydrogen) atoms. The lowest BCUT2D eigenvalue weighted by Gasteiger charge is -2.25. The molecule has 7 nitrogen and oxygen atoms in total. The third-order valence-corrected chi connectivity index (χ3v) is 4.53. The predicted molar refractivity (Wildman–Crippen MR) is 108 cm³/mol. The number of rotatable bonds is 6. The van der Waals surface area contributed by atoms with Crippen LogP contribution in [0.4, 0.5) is 15.8 Å². The van der Waals surface area contributed by atoms with Gasteiger partial charge in [0.2, 0.25) is 0 Å². The zero-order chi connectivity index (χ0) is 21.1. The summed E-state index contributed by atoms with van der Waals surface area (Å²) < 4.78 is 21.9. The zero-order valence-electron chi connectivity index (χ0n) is 16.2. The summed E-state index contributed by atoms with van der Waals surface area (Å²) >= 11 is 6.00. The fourth-order valence-corrected chi connectivity index (χ4v) is 3.08. The van der Waals surface area contributed by atoms with Crippen molar-refractivity contribution in [3.05, 3.63) is 75.2 Å². The highest BCUT2D eigenvalue weighted by Gasteiger charge is 2.21. The van der Waals surface area contributed by atoms with Crippen molar-refractivity contribution in [2.45, 2.75) is 13.5 Å². The Morgan fingerprint density at radius 3 is 2.52 bits per heavy atom. The molecular formula is C20H20ClFN4O3. The third-order valence-electron chi connectivity index (χ3n) is 4.28. The van der Waals surface area contributed by atoms with Crippen LogP contribution >= 0.6 is 11.6 Å². The SMILES string of the molecule is CCOC(=O)c1nn(C)cc1CN(c1ccc(Cl)cc1)c1cc(F)c(=O)n(C)c1. The minimum absolute atomic E-state index is 0.179. The highest BCUT2D eigenvalue weighted by atomic mass is 35.5. The largest absolute Gasteiger partial charge is 0.461 e. The summed E-state index contributed by atoms with van der Waals surface area (Å²) in [7, 11) is 3.17. The smallest absolute Gasteiger partial charge is 0.359 e. The van der Waals surface area contributed by atoms with E-state index in [9.17, 15) is 14.0 Å². The Balaban J connectivity index is 2.09. The van der Waals surface area contributed by atoms with Crippen molar-refractivity contribution in [3.63, 3.8) is 0 Å². The van der Waals surface area contributed by atoms with Gasteiger partial charge in [0, 0.05) is 48.8 Å². The molecule has 0 bridgehead atoms. The van der Waals surface area contributed by atoms with E-state index in [1.54, 1.807) is 49.3 Å². The number of ether oxygens (including phenoxy) is 1. The Morgan fingerprint density at radius 1 is 1.21 bits per heavy atom. The molecular weight excluding hydrogens is 399 g/mol. The second-order valence-corrected chi connectivity index (χ2v) is 6.86. The van der Waals surface area contributed by atoms with Gasteiger partial charge >= 0.3 is 5.97 Å². The van der Waals surface area contributed by atoms with Gasteiger partial charge in [-0.25, -0.2) is 9.18 Å². The first-order chi connectivity index (χ1) is 13.8. The number of hydrogen-bond donors (Lipinski definition) is 0. The summed E-state index contributed by atoms with van der Waals surface area (Å²) in [6.07, 6.45) is 3.23. The number of halogens is 2. The van der Waals surface area contributed by atoms with E-state index in [0.717, 1.165) is 6.07 Å². The number of anilines is 2. The Hall–Kier alpha value is -3.13. The number of pyridine rings is 1. The van der Waals surface area contributed by atoms with Gasteiger partial charge in [-0.1, -0.05) is 11.6 Å². The van der Waals surface area contributed by atoms with Gasteiger partial charge in [0.25, 0.3) is 5.56 Å². The lowest BCUT2D eigenvalue weighted by molar-refractivity contribution is 0.0517. The molecule has 0 amide bonds. The van der Waals surface area contributed by atoms with Gasteiger partial charge in [0.15, 0.2) is 11.5 Å². The number of aromatic nitrogens is 3. The highest BCUT2D eigenvalue weighted by Crippen LogP contribution is 2.29. The van der Waals surface area contributed by atoms with Crippen LogP contribution in [-0.4, -0.2) is 26.9 Å². The van der Waals surface area contributed by atoms with Gasteiger partial charge in [-0.3, -0.25) is 9.48 Å². The highest BCUT2D eigenvalue weighted by molar-refractivity contribution is 6.30. The zero-order valence-corrected chi connectivity index (χ0v) is 17.0. The second-order valence-electron chi connectivity index (χ2n) is 6.42. The van der Waals surface area contributed by atoms with Crippen LogP contribution in [0.25, 0.3) is 0 Å². The molecule has 0 fully saturated rings. The first-order valence-corrected chi connectivity index (χ1v) is 9.27. The molecule has 9 heteroatoms. The summed E-state index contributed by atoms with van der Waals surface area (Å²) in [6.45, 7) is 2.14. The first kappa shape index (κ1) is 20.6. The van der Waals surface area contributed by atoms with E-state index in [0.29, 0.717) is 22.0 Å². The lowest BCUT2D eigenvalue weighted by Crippen LogP contribution is -2.24. The van der Waals surface area contributed by atoms with Crippen LogP contribution < -0.4 is 10.5 Å². The van der Waals surface area contributed by atoms with Gasteiger partial charge in [-0.2, -0.15) is 5.10 Å².